The van der Waals surface area contributed by atoms with Crippen molar-refractivity contribution in [2.75, 3.05) is 25.6 Å². The lowest BCUT2D eigenvalue weighted by Gasteiger charge is -2.12. The average molecular weight is 502 g/mol. The Bertz CT molecular complexity index is 1100. The highest BCUT2D eigenvalue weighted by molar-refractivity contribution is 7.98. The Morgan fingerprint density at radius 1 is 1.32 bits per heavy atom. The number of pyridine rings is 1. The Morgan fingerprint density at radius 2 is 2.12 bits per heavy atom. The van der Waals surface area contributed by atoms with Crippen LogP contribution in [0.1, 0.15) is 51.6 Å². The highest BCUT2D eigenvalue weighted by Gasteiger charge is 2.31. The van der Waals surface area contributed by atoms with Gasteiger partial charge in [-0.05, 0) is 74.9 Å². The van der Waals surface area contributed by atoms with Crippen molar-refractivity contribution in [3.63, 3.8) is 0 Å². The Balaban J connectivity index is 0.000000481. The van der Waals surface area contributed by atoms with Crippen molar-refractivity contribution in [1.82, 2.24) is 14.7 Å². The zero-order valence-electron chi connectivity index (χ0n) is 19.4. The molecule has 0 saturated heterocycles. The number of nitrogens with one attached hydrogen (secondary N) is 1. The molecule has 180 valence electrons. The molecule has 1 atom stereocenters. The number of aldehydes is 1. The van der Waals surface area contributed by atoms with Crippen LogP contribution in [0.2, 0.25) is 0 Å². The van der Waals surface area contributed by atoms with Crippen LogP contribution in [-0.4, -0.2) is 47.0 Å². The van der Waals surface area contributed by atoms with Crippen LogP contribution in [0.25, 0.3) is 11.3 Å². The number of carbonyl (C=O) groups excluding carboxylic acids is 2. The molecule has 0 aliphatic heterocycles. The van der Waals surface area contributed by atoms with Gasteiger partial charge in [-0.25, -0.2) is 9.37 Å². The molecule has 0 radical (unpaired) electrons. The number of benzene rings is 1. The summed E-state index contributed by atoms with van der Waals surface area (Å²) in [6, 6.07) is 9.67. The molecular formula is C25H28FN3O3S2. The fourth-order valence-electron chi connectivity index (χ4n) is 3.02. The van der Waals surface area contributed by atoms with Crippen LogP contribution in [0.15, 0.2) is 42.6 Å². The number of nitrogens with zero attached hydrogens (tertiary/aromatic N) is 2. The van der Waals surface area contributed by atoms with Crippen LogP contribution >= 0.6 is 23.3 Å². The van der Waals surface area contributed by atoms with E-state index >= 15 is 0 Å². The van der Waals surface area contributed by atoms with E-state index in [0.717, 1.165) is 24.3 Å². The monoisotopic (exact) mass is 501 g/mol. The van der Waals surface area contributed by atoms with Gasteiger partial charge in [0.15, 0.2) is 12.1 Å². The van der Waals surface area contributed by atoms with Gasteiger partial charge in [-0.2, -0.15) is 16.1 Å². The van der Waals surface area contributed by atoms with Crippen molar-refractivity contribution in [1.29, 1.82) is 0 Å². The predicted molar refractivity (Wildman–Crippen MR) is 136 cm³/mol. The first-order chi connectivity index (χ1) is 16.5. The molecule has 1 aliphatic rings. The minimum Gasteiger partial charge on any atom is -0.484 e. The van der Waals surface area contributed by atoms with E-state index in [4.69, 9.17) is 4.74 Å². The maximum Gasteiger partial charge on any atom is 0.184 e. The number of aromatic nitrogens is 2. The molecule has 1 aliphatic carbocycles. The molecule has 2 aromatic heterocycles. The van der Waals surface area contributed by atoms with Crippen LogP contribution < -0.4 is 10.1 Å². The fourth-order valence-corrected chi connectivity index (χ4v) is 4.15. The highest BCUT2D eigenvalue weighted by atomic mass is 32.2. The van der Waals surface area contributed by atoms with Crippen molar-refractivity contribution >= 4 is 35.4 Å². The maximum atomic E-state index is 13.8. The third kappa shape index (κ3) is 7.19. The van der Waals surface area contributed by atoms with E-state index in [1.165, 1.54) is 29.4 Å². The molecule has 0 spiro atoms. The van der Waals surface area contributed by atoms with Gasteiger partial charge in [0.25, 0.3) is 0 Å². The van der Waals surface area contributed by atoms with Crippen molar-refractivity contribution in [3.8, 4) is 17.0 Å². The standard InChI is InChI=1S/C21H17FN2O3S.C4H11NS/c1-12(27-16-6-7-18(23-10-16)21(26)13-2-3-13)20-9-19(24-28-20)14-4-5-15(11-25)17(22)8-14;1-5-3-4-6-2/h4-13H,2-3H2,1H3;5H,3-4H2,1-2H3. The molecule has 1 N–H and O–H groups in total. The second-order valence-electron chi connectivity index (χ2n) is 7.84. The SMILES string of the molecule is CC(Oc1ccc(C(=O)C2CC2)nc1)c1cc(-c2ccc(C=O)c(F)c2)ns1.CNCCSC. The van der Waals surface area contributed by atoms with E-state index < -0.39 is 5.82 Å². The fraction of sp³-hybridized carbons (Fsp3) is 0.360. The summed E-state index contributed by atoms with van der Waals surface area (Å²) in [7, 11) is 1.97. The van der Waals surface area contributed by atoms with Gasteiger partial charge in [0, 0.05) is 23.8 Å². The van der Waals surface area contributed by atoms with E-state index in [1.807, 2.05) is 31.8 Å². The first-order valence-electron chi connectivity index (χ1n) is 11.0. The first kappa shape index (κ1) is 26.0. The summed E-state index contributed by atoms with van der Waals surface area (Å²) in [4.78, 5) is 27.8. The normalized spacial score (nSPS) is 13.5. The minimum atomic E-state index is -0.571. The Kier molecular flexibility index (Phi) is 9.74. The van der Waals surface area contributed by atoms with Gasteiger partial charge in [0.1, 0.15) is 23.4 Å². The van der Waals surface area contributed by atoms with Gasteiger partial charge < -0.3 is 10.1 Å². The lowest BCUT2D eigenvalue weighted by atomic mass is 10.1. The Hall–Kier alpha value is -2.62. The van der Waals surface area contributed by atoms with Gasteiger partial charge in [0.2, 0.25) is 0 Å². The van der Waals surface area contributed by atoms with Crippen molar-refractivity contribution in [2.45, 2.75) is 25.9 Å². The molecule has 0 amide bonds. The predicted octanol–water partition coefficient (Wildman–Crippen LogP) is 5.46. The number of rotatable bonds is 10. The number of thioether (sulfide) groups is 1. The molecule has 3 aromatic rings. The zero-order valence-corrected chi connectivity index (χ0v) is 21.0. The quantitative estimate of drug-likeness (QED) is 0.224. The molecule has 4 rings (SSSR count). The third-order valence-electron chi connectivity index (χ3n) is 5.16. The molecule has 34 heavy (non-hydrogen) atoms. The summed E-state index contributed by atoms with van der Waals surface area (Å²) in [6.45, 7) is 3.01. The van der Waals surface area contributed by atoms with E-state index in [1.54, 1.807) is 24.4 Å². The maximum absolute atomic E-state index is 13.8. The molecule has 1 unspecified atom stereocenters. The van der Waals surface area contributed by atoms with Crippen LogP contribution in [0.4, 0.5) is 4.39 Å². The Morgan fingerprint density at radius 3 is 2.68 bits per heavy atom. The molecule has 1 fully saturated rings. The molecule has 9 heteroatoms. The van der Waals surface area contributed by atoms with Crippen molar-refractivity contribution < 1.29 is 18.7 Å². The van der Waals surface area contributed by atoms with E-state index in [0.29, 0.717) is 29.0 Å². The summed E-state index contributed by atoms with van der Waals surface area (Å²) >= 11 is 3.13. The smallest absolute Gasteiger partial charge is 0.184 e. The zero-order chi connectivity index (χ0) is 24.5. The van der Waals surface area contributed by atoms with Crippen LogP contribution in [0, 0.1) is 11.7 Å². The van der Waals surface area contributed by atoms with Gasteiger partial charge in [-0.1, -0.05) is 6.07 Å². The molecule has 0 bridgehead atoms. The summed E-state index contributed by atoms with van der Waals surface area (Å²) in [6.07, 6.45) is 5.77. The number of hydrogen-bond donors (Lipinski definition) is 1. The molecule has 1 saturated carbocycles. The van der Waals surface area contributed by atoms with E-state index in [-0.39, 0.29) is 23.4 Å². The average Bonchev–Trinajstić information content (AvgIpc) is 3.59. The third-order valence-corrected chi connectivity index (χ3v) is 6.72. The van der Waals surface area contributed by atoms with Crippen molar-refractivity contribution in [3.05, 3.63) is 64.5 Å². The number of ether oxygens (including phenoxy) is 1. The largest absolute Gasteiger partial charge is 0.484 e. The highest BCUT2D eigenvalue weighted by Crippen LogP contribution is 2.33. The summed E-state index contributed by atoms with van der Waals surface area (Å²) in [5.74, 6) is 1.45. The summed E-state index contributed by atoms with van der Waals surface area (Å²) in [5, 5.41) is 3.05. The van der Waals surface area contributed by atoms with Gasteiger partial charge in [-0.15, -0.1) is 0 Å². The number of Topliss-reactive ketones (excluding diaryl/α,β-unsaturated/α-hetero) is 1. The van der Waals surface area contributed by atoms with E-state index in [9.17, 15) is 14.0 Å². The Labute approximate surface area is 207 Å². The summed E-state index contributed by atoms with van der Waals surface area (Å²) < 4.78 is 24.1. The lowest BCUT2D eigenvalue weighted by molar-refractivity contribution is 0.0962. The second-order valence-corrected chi connectivity index (χ2v) is 9.66. The van der Waals surface area contributed by atoms with Crippen molar-refractivity contribution in [2.24, 2.45) is 5.92 Å². The van der Waals surface area contributed by atoms with Gasteiger partial charge in [0.05, 0.1) is 22.3 Å². The van der Waals surface area contributed by atoms with Crippen LogP contribution in [0.3, 0.4) is 0 Å². The number of halogens is 1. The van der Waals surface area contributed by atoms with E-state index in [2.05, 4.69) is 20.9 Å². The van der Waals surface area contributed by atoms with Crippen LogP contribution in [-0.2, 0) is 0 Å². The lowest BCUT2D eigenvalue weighted by Crippen LogP contribution is -2.09. The molecule has 6 nitrogen and oxygen atoms in total. The number of carbonyl (C=O) groups is 2. The number of hydrogen-bond acceptors (Lipinski definition) is 8. The minimum absolute atomic E-state index is 0.0204. The first-order valence-corrected chi connectivity index (χ1v) is 13.2. The van der Waals surface area contributed by atoms with Crippen LogP contribution in [0.5, 0.6) is 5.75 Å². The topological polar surface area (TPSA) is 81.2 Å². The molecule has 1 aromatic carbocycles. The number of ketones is 1. The molecule has 2 heterocycles. The van der Waals surface area contributed by atoms with Gasteiger partial charge in [-0.3, -0.25) is 9.59 Å². The molecular weight excluding hydrogens is 473 g/mol. The second kappa shape index (κ2) is 12.7. The summed E-state index contributed by atoms with van der Waals surface area (Å²) in [5.41, 5.74) is 1.72. The van der Waals surface area contributed by atoms with Gasteiger partial charge >= 0.3 is 0 Å².